The van der Waals surface area contributed by atoms with Crippen LogP contribution in [0, 0.1) is 0 Å². The first-order valence-electron chi connectivity index (χ1n) is 6.23. The number of fused-ring (bicyclic) bond motifs is 1. The van der Waals surface area contributed by atoms with Gasteiger partial charge in [0, 0.05) is 12.5 Å². The van der Waals surface area contributed by atoms with Crippen LogP contribution in [0.15, 0.2) is 54.6 Å². The Balaban J connectivity index is 2.17. The molecule has 18 heavy (non-hydrogen) atoms. The molecule has 2 aromatic rings. The van der Waals surface area contributed by atoms with Gasteiger partial charge < -0.3 is 0 Å². The molecule has 2 atom stereocenters. The first kappa shape index (κ1) is 11.0. The standard InChI is InChI=1S/C16H16NO/c1-12-16(13-7-3-2-4-8-13)15-10-6-5-9-14(15)11-17(12)18/h2-12,16,18H,1H3/q+1/t12-,16+/m1/s1. The largest absolute Gasteiger partial charge is 0.290 e. The number of nitrogens with zero attached hydrogens (tertiary/aromatic N) is 1. The van der Waals surface area contributed by atoms with Crippen LogP contribution < -0.4 is 0 Å². The lowest BCUT2D eigenvalue weighted by molar-refractivity contribution is -0.796. The Morgan fingerprint density at radius 1 is 0.944 bits per heavy atom. The van der Waals surface area contributed by atoms with Gasteiger partial charge in [-0.25, -0.2) is 0 Å². The van der Waals surface area contributed by atoms with Crippen LogP contribution in [0.1, 0.15) is 29.5 Å². The predicted molar refractivity (Wildman–Crippen MR) is 71.4 cm³/mol. The predicted octanol–water partition coefficient (Wildman–Crippen LogP) is 3.04. The van der Waals surface area contributed by atoms with Crippen molar-refractivity contribution in [1.29, 1.82) is 0 Å². The zero-order valence-corrected chi connectivity index (χ0v) is 10.3. The summed E-state index contributed by atoms with van der Waals surface area (Å²) in [5.41, 5.74) is 3.61. The first-order valence-corrected chi connectivity index (χ1v) is 6.23. The van der Waals surface area contributed by atoms with E-state index in [1.807, 2.05) is 37.3 Å². The smallest absolute Gasteiger partial charge is 0.223 e. The summed E-state index contributed by atoms with van der Waals surface area (Å²) in [6.07, 6.45) is 1.80. The fraction of sp³-hybridized carbons (Fsp3) is 0.188. The molecule has 1 N–H and O–H groups in total. The van der Waals surface area contributed by atoms with Crippen molar-refractivity contribution in [3.63, 3.8) is 0 Å². The number of benzene rings is 2. The minimum Gasteiger partial charge on any atom is -0.290 e. The van der Waals surface area contributed by atoms with Crippen molar-refractivity contribution < 1.29 is 9.95 Å². The molecule has 0 amide bonds. The van der Waals surface area contributed by atoms with Crippen LogP contribution in [0.25, 0.3) is 0 Å². The normalized spacial score (nSPS) is 22.2. The highest BCUT2D eigenvalue weighted by molar-refractivity contribution is 5.79. The van der Waals surface area contributed by atoms with E-state index in [0.29, 0.717) is 0 Å². The highest BCUT2D eigenvalue weighted by Crippen LogP contribution is 2.33. The molecule has 0 unspecified atom stereocenters. The van der Waals surface area contributed by atoms with Gasteiger partial charge in [0.15, 0.2) is 0 Å². The zero-order chi connectivity index (χ0) is 12.5. The van der Waals surface area contributed by atoms with Crippen molar-refractivity contribution in [1.82, 2.24) is 0 Å². The van der Waals surface area contributed by atoms with Crippen LogP contribution >= 0.6 is 0 Å². The van der Waals surface area contributed by atoms with Gasteiger partial charge in [0.2, 0.25) is 12.3 Å². The number of rotatable bonds is 1. The van der Waals surface area contributed by atoms with Gasteiger partial charge in [0.25, 0.3) is 0 Å². The Hall–Kier alpha value is -2.09. The summed E-state index contributed by atoms with van der Waals surface area (Å²) in [5, 5.41) is 10.0. The summed E-state index contributed by atoms with van der Waals surface area (Å²) in [6.45, 7) is 2.05. The average Bonchev–Trinajstić information content (AvgIpc) is 2.41. The van der Waals surface area contributed by atoms with Crippen molar-refractivity contribution in [3.05, 3.63) is 71.3 Å². The van der Waals surface area contributed by atoms with Gasteiger partial charge in [-0.1, -0.05) is 48.5 Å². The average molecular weight is 238 g/mol. The maximum atomic E-state index is 10.0. The molecule has 1 heterocycles. The van der Waals surface area contributed by atoms with Crippen molar-refractivity contribution >= 4 is 6.21 Å². The number of hydrogen-bond acceptors (Lipinski definition) is 1. The third-order valence-corrected chi connectivity index (χ3v) is 3.66. The molecular weight excluding hydrogens is 222 g/mol. The molecule has 3 rings (SSSR count). The van der Waals surface area contributed by atoms with Crippen LogP contribution in [0.3, 0.4) is 0 Å². The van der Waals surface area contributed by atoms with Crippen LogP contribution in [-0.4, -0.2) is 22.2 Å². The van der Waals surface area contributed by atoms with Crippen molar-refractivity contribution in [2.75, 3.05) is 0 Å². The van der Waals surface area contributed by atoms with Crippen LogP contribution in [0.2, 0.25) is 0 Å². The molecule has 1 aliphatic rings. The Labute approximate surface area is 107 Å². The topological polar surface area (TPSA) is 23.2 Å². The SMILES string of the molecule is C[C@@H]1[C@@H](c2ccccc2)c2ccccc2C=[N+]1O. The zero-order valence-electron chi connectivity index (χ0n) is 10.3. The number of hydrogen-bond donors (Lipinski definition) is 1. The molecule has 0 saturated carbocycles. The van der Waals surface area contributed by atoms with E-state index in [1.54, 1.807) is 6.21 Å². The lowest BCUT2D eigenvalue weighted by atomic mass is 9.82. The lowest BCUT2D eigenvalue weighted by Gasteiger charge is -2.24. The lowest BCUT2D eigenvalue weighted by Crippen LogP contribution is -2.33. The van der Waals surface area contributed by atoms with Gasteiger partial charge in [0.1, 0.15) is 0 Å². The Morgan fingerprint density at radius 2 is 1.61 bits per heavy atom. The third-order valence-electron chi connectivity index (χ3n) is 3.66. The third kappa shape index (κ3) is 1.70. The molecule has 0 saturated heterocycles. The molecule has 0 aromatic heterocycles. The van der Waals surface area contributed by atoms with E-state index in [0.717, 1.165) is 5.56 Å². The van der Waals surface area contributed by atoms with E-state index in [-0.39, 0.29) is 12.0 Å². The van der Waals surface area contributed by atoms with Crippen molar-refractivity contribution in [3.8, 4) is 0 Å². The highest BCUT2D eigenvalue weighted by Gasteiger charge is 2.35. The van der Waals surface area contributed by atoms with E-state index < -0.39 is 0 Å². The maximum absolute atomic E-state index is 10.0. The second kappa shape index (κ2) is 4.30. The quantitative estimate of drug-likeness (QED) is 0.599. The first-order chi connectivity index (χ1) is 8.77. The fourth-order valence-electron chi connectivity index (χ4n) is 2.70. The van der Waals surface area contributed by atoms with E-state index >= 15 is 0 Å². The Morgan fingerprint density at radius 3 is 2.39 bits per heavy atom. The molecule has 0 spiro atoms. The van der Waals surface area contributed by atoms with Crippen molar-refractivity contribution in [2.24, 2.45) is 0 Å². The molecular formula is C16H16NO+. The van der Waals surface area contributed by atoms with E-state index in [1.165, 1.54) is 15.9 Å². The Kier molecular flexibility index (Phi) is 2.63. The fourth-order valence-corrected chi connectivity index (χ4v) is 2.70. The van der Waals surface area contributed by atoms with Gasteiger partial charge in [-0.05, 0) is 21.9 Å². The molecule has 2 nitrogen and oxygen atoms in total. The molecule has 90 valence electrons. The van der Waals surface area contributed by atoms with Gasteiger partial charge in [0.05, 0.1) is 5.92 Å². The Bertz CT molecular complexity index is 589. The summed E-state index contributed by atoms with van der Waals surface area (Å²) in [4.78, 5) is 0. The molecule has 0 radical (unpaired) electrons. The molecule has 0 fully saturated rings. The van der Waals surface area contributed by atoms with Crippen LogP contribution in [-0.2, 0) is 0 Å². The maximum Gasteiger partial charge on any atom is 0.223 e. The van der Waals surface area contributed by atoms with E-state index in [4.69, 9.17) is 0 Å². The van der Waals surface area contributed by atoms with Gasteiger partial charge in [-0.15, -0.1) is 0 Å². The van der Waals surface area contributed by atoms with E-state index in [9.17, 15) is 5.21 Å². The summed E-state index contributed by atoms with van der Waals surface area (Å²) >= 11 is 0. The minimum atomic E-state index is 0.0438. The van der Waals surface area contributed by atoms with Gasteiger partial charge in [-0.2, -0.15) is 0 Å². The summed E-state index contributed by atoms with van der Waals surface area (Å²) in [7, 11) is 0. The molecule has 0 aliphatic carbocycles. The van der Waals surface area contributed by atoms with E-state index in [2.05, 4.69) is 24.3 Å². The summed E-state index contributed by atoms with van der Waals surface area (Å²) in [6, 6.07) is 18.6. The van der Waals surface area contributed by atoms with Crippen molar-refractivity contribution in [2.45, 2.75) is 18.9 Å². The highest BCUT2D eigenvalue weighted by atomic mass is 16.5. The second-order valence-electron chi connectivity index (χ2n) is 4.77. The minimum absolute atomic E-state index is 0.0438. The summed E-state index contributed by atoms with van der Waals surface area (Å²) in [5.74, 6) is 0.206. The van der Waals surface area contributed by atoms with Crippen LogP contribution in [0.5, 0.6) is 0 Å². The second-order valence-corrected chi connectivity index (χ2v) is 4.77. The molecule has 1 aliphatic heterocycles. The molecule has 2 heteroatoms. The van der Waals surface area contributed by atoms with Crippen LogP contribution in [0.4, 0.5) is 0 Å². The monoisotopic (exact) mass is 238 g/mol. The van der Waals surface area contributed by atoms with Gasteiger partial charge in [-0.3, -0.25) is 5.21 Å². The number of hydroxylamine groups is 1. The molecule has 2 aromatic carbocycles. The summed E-state index contributed by atoms with van der Waals surface area (Å²) < 4.78 is 1.32. The molecule has 0 bridgehead atoms. The van der Waals surface area contributed by atoms with Gasteiger partial charge >= 0.3 is 0 Å².